The molecule has 8 heteroatoms. The Labute approximate surface area is 214 Å². The van der Waals surface area contributed by atoms with Crippen LogP contribution in [0.4, 0.5) is 0 Å². The lowest BCUT2D eigenvalue weighted by Gasteiger charge is -2.43. The molecule has 1 aliphatic heterocycles. The minimum atomic E-state index is -3.27. The van der Waals surface area contributed by atoms with Gasteiger partial charge in [-0.2, -0.15) is 0 Å². The average Bonchev–Trinajstić information content (AvgIpc) is 2.81. The van der Waals surface area contributed by atoms with Crippen molar-refractivity contribution in [2.24, 2.45) is 5.92 Å². The Balaban J connectivity index is 0.00000324. The first kappa shape index (κ1) is 27.0. The molecule has 1 saturated heterocycles. The summed E-state index contributed by atoms with van der Waals surface area (Å²) in [6.45, 7) is 2.14. The van der Waals surface area contributed by atoms with Crippen molar-refractivity contribution in [1.82, 2.24) is 10.2 Å². The van der Waals surface area contributed by atoms with E-state index in [1.165, 1.54) is 43.2 Å². The van der Waals surface area contributed by atoms with E-state index in [0.29, 0.717) is 17.5 Å². The third-order valence-electron chi connectivity index (χ3n) is 7.15. The second-order valence-corrected chi connectivity index (χ2v) is 12.0. The maximum Gasteiger partial charge on any atom is 0.251 e. The highest BCUT2D eigenvalue weighted by Crippen LogP contribution is 2.29. The van der Waals surface area contributed by atoms with Crippen molar-refractivity contribution in [3.05, 3.63) is 64.7 Å². The summed E-state index contributed by atoms with van der Waals surface area (Å²) in [6, 6.07) is 14.9. The second kappa shape index (κ2) is 11.9. The number of halogens is 2. The number of sulfone groups is 1. The van der Waals surface area contributed by atoms with Crippen molar-refractivity contribution < 1.29 is 13.2 Å². The van der Waals surface area contributed by atoms with E-state index in [1.54, 1.807) is 12.1 Å². The van der Waals surface area contributed by atoms with Crippen LogP contribution in [0.5, 0.6) is 0 Å². The van der Waals surface area contributed by atoms with Crippen molar-refractivity contribution in [3.63, 3.8) is 0 Å². The highest BCUT2D eigenvalue weighted by molar-refractivity contribution is 7.90. The number of amides is 1. The van der Waals surface area contributed by atoms with Crippen molar-refractivity contribution in [1.29, 1.82) is 0 Å². The first-order valence-electron chi connectivity index (χ1n) is 11.9. The van der Waals surface area contributed by atoms with Crippen LogP contribution in [-0.2, 0) is 16.3 Å². The third-order valence-corrected chi connectivity index (χ3v) is 8.53. The smallest absolute Gasteiger partial charge is 0.251 e. The zero-order chi connectivity index (χ0) is 23.4. The summed E-state index contributed by atoms with van der Waals surface area (Å²) in [5.74, 6) is 0.567. The summed E-state index contributed by atoms with van der Waals surface area (Å²) in [5, 5.41) is 4.04. The van der Waals surface area contributed by atoms with Crippen LogP contribution in [0.25, 0.3) is 0 Å². The molecule has 2 aromatic carbocycles. The van der Waals surface area contributed by atoms with Gasteiger partial charge >= 0.3 is 0 Å². The van der Waals surface area contributed by atoms with Crippen molar-refractivity contribution in [3.8, 4) is 0 Å². The van der Waals surface area contributed by atoms with E-state index < -0.39 is 9.84 Å². The SMILES string of the molecule is CS(=O)(=O)c1ccc(C(=O)NC2CCCCC2N2CCC(Cc3ccc(Cl)cc3)CC2)cc1.Cl. The van der Waals surface area contributed by atoms with Gasteiger partial charge in [0.2, 0.25) is 0 Å². The van der Waals surface area contributed by atoms with Gasteiger partial charge in [0.15, 0.2) is 9.84 Å². The fourth-order valence-electron chi connectivity index (χ4n) is 5.26. The largest absolute Gasteiger partial charge is 0.348 e. The molecule has 2 unspecified atom stereocenters. The Bertz CT molecular complexity index is 1050. The molecule has 4 rings (SSSR count). The topological polar surface area (TPSA) is 66.5 Å². The normalized spacial score (nSPS) is 22.1. The standard InChI is InChI=1S/C26H33ClN2O3S.ClH/c1-33(31,32)23-12-8-21(9-13-23)26(30)28-24-4-2-3-5-25(24)29-16-14-20(15-17-29)18-19-6-10-22(27)11-7-19;/h6-13,20,24-25H,2-5,14-18H2,1H3,(H,28,30);1H. The van der Waals surface area contributed by atoms with Gasteiger partial charge in [-0.25, -0.2) is 8.42 Å². The van der Waals surface area contributed by atoms with E-state index >= 15 is 0 Å². The summed E-state index contributed by atoms with van der Waals surface area (Å²) >= 11 is 6.01. The van der Waals surface area contributed by atoms with Crippen LogP contribution in [-0.4, -0.2) is 50.7 Å². The molecule has 0 bridgehead atoms. The van der Waals surface area contributed by atoms with Gasteiger partial charge in [0.05, 0.1) is 4.90 Å². The van der Waals surface area contributed by atoms with Gasteiger partial charge in [-0.1, -0.05) is 36.6 Å². The number of hydrogen-bond donors (Lipinski definition) is 1. The number of nitrogens with one attached hydrogen (secondary N) is 1. The first-order chi connectivity index (χ1) is 15.8. The van der Waals surface area contributed by atoms with Gasteiger partial charge in [0, 0.05) is 28.9 Å². The molecule has 1 heterocycles. The lowest BCUT2D eigenvalue weighted by atomic mass is 9.85. The van der Waals surface area contributed by atoms with Gasteiger partial charge in [-0.05, 0) is 93.1 Å². The molecule has 1 aliphatic carbocycles. The van der Waals surface area contributed by atoms with Crippen molar-refractivity contribution >= 4 is 39.8 Å². The molecule has 2 atom stereocenters. The molecule has 1 N–H and O–H groups in total. The van der Waals surface area contributed by atoms with Gasteiger partial charge < -0.3 is 5.32 Å². The number of piperidine rings is 1. The molecule has 2 aliphatic rings. The van der Waals surface area contributed by atoms with Gasteiger partial charge in [-0.15, -0.1) is 12.4 Å². The Morgan fingerprint density at radius 1 is 0.971 bits per heavy atom. The molecule has 186 valence electrons. The molecular formula is C26H34Cl2N2O3S. The third kappa shape index (κ3) is 6.97. The maximum atomic E-state index is 12.9. The lowest BCUT2D eigenvalue weighted by molar-refractivity contribution is 0.0706. The van der Waals surface area contributed by atoms with E-state index in [2.05, 4.69) is 22.3 Å². The Hall–Kier alpha value is -1.60. The molecule has 2 fully saturated rings. The van der Waals surface area contributed by atoms with Crippen molar-refractivity contribution in [2.75, 3.05) is 19.3 Å². The van der Waals surface area contributed by atoms with Crippen LogP contribution >= 0.6 is 24.0 Å². The summed E-state index contributed by atoms with van der Waals surface area (Å²) in [7, 11) is -3.27. The van der Waals surface area contributed by atoms with Crippen LogP contribution < -0.4 is 5.32 Å². The zero-order valence-electron chi connectivity index (χ0n) is 19.6. The Morgan fingerprint density at radius 3 is 2.21 bits per heavy atom. The quantitative estimate of drug-likeness (QED) is 0.566. The van der Waals surface area contributed by atoms with E-state index in [4.69, 9.17) is 11.6 Å². The summed E-state index contributed by atoms with van der Waals surface area (Å²) in [4.78, 5) is 15.7. The fraction of sp³-hybridized carbons (Fsp3) is 0.500. The summed E-state index contributed by atoms with van der Waals surface area (Å²) in [5.41, 5.74) is 1.86. The van der Waals surface area contributed by atoms with Crippen molar-refractivity contribution in [2.45, 2.75) is 61.9 Å². The van der Waals surface area contributed by atoms with Gasteiger partial charge in [-0.3, -0.25) is 9.69 Å². The summed E-state index contributed by atoms with van der Waals surface area (Å²) in [6.07, 6.45) is 9.04. The fourth-order valence-corrected chi connectivity index (χ4v) is 6.02. The second-order valence-electron chi connectivity index (χ2n) is 9.54. The Morgan fingerprint density at radius 2 is 1.59 bits per heavy atom. The van der Waals surface area contributed by atoms with Crippen LogP contribution in [0.1, 0.15) is 54.4 Å². The van der Waals surface area contributed by atoms with E-state index in [9.17, 15) is 13.2 Å². The highest BCUT2D eigenvalue weighted by Gasteiger charge is 2.33. The molecule has 1 saturated carbocycles. The molecule has 0 aromatic heterocycles. The van der Waals surface area contributed by atoms with Gasteiger partial charge in [0.1, 0.15) is 0 Å². The average molecular weight is 526 g/mol. The molecule has 2 aromatic rings. The lowest BCUT2D eigenvalue weighted by Crippen LogP contribution is -2.55. The number of benzene rings is 2. The predicted molar refractivity (Wildman–Crippen MR) is 140 cm³/mol. The zero-order valence-corrected chi connectivity index (χ0v) is 22.0. The monoisotopic (exact) mass is 524 g/mol. The maximum absolute atomic E-state index is 12.9. The summed E-state index contributed by atoms with van der Waals surface area (Å²) < 4.78 is 23.4. The van der Waals surface area contributed by atoms with E-state index in [-0.39, 0.29) is 29.3 Å². The molecular weight excluding hydrogens is 491 g/mol. The first-order valence-corrected chi connectivity index (χ1v) is 14.2. The predicted octanol–water partition coefficient (Wildman–Crippen LogP) is 5.16. The minimum absolute atomic E-state index is 0. The van der Waals surface area contributed by atoms with Crippen LogP contribution in [0, 0.1) is 5.92 Å². The molecule has 1 amide bonds. The number of carbonyl (C=O) groups is 1. The number of carbonyl (C=O) groups excluding carboxylic acids is 1. The number of hydrogen-bond acceptors (Lipinski definition) is 4. The minimum Gasteiger partial charge on any atom is -0.348 e. The highest BCUT2D eigenvalue weighted by atomic mass is 35.5. The van der Waals surface area contributed by atoms with Gasteiger partial charge in [0.25, 0.3) is 5.91 Å². The van der Waals surface area contributed by atoms with Crippen LogP contribution in [0.15, 0.2) is 53.4 Å². The van der Waals surface area contributed by atoms with E-state index in [0.717, 1.165) is 43.8 Å². The Kier molecular flexibility index (Phi) is 9.44. The molecule has 34 heavy (non-hydrogen) atoms. The molecule has 5 nitrogen and oxygen atoms in total. The molecule has 0 spiro atoms. The number of likely N-dealkylation sites (tertiary alicyclic amines) is 1. The number of nitrogens with zero attached hydrogens (tertiary/aromatic N) is 1. The van der Waals surface area contributed by atoms with Crippen LogP contribution in [0.2, 0.25) is 5.02 Å². The van der Waals surface area contributed by atoms with Crippen LogP contribution in [0.3, 0.4) is 0 Å². The number of rotatable bonds is 6. The van der Waals surface area contributed by atoms with E-state index in [1.807, 2.05) is 12.1 Å². The molecule has 0 radical (unpaired) electrons.